The predicted octanol–water partition coefficient (Wildman–Crippen LogP) is 5.53. The Labute approximate surface area is 280 Å². The van der Waals surface area contributed by atoms with E-state index in [1.165, 1.54) is 79.9 Å². The van der Waals surface area contributed by atoms with Gasteiger partial charge in [-0.2, -0.15) is 0 Å². The molecular weight excluding hydrogens is 655 g/mol. The van der Waals surface area contributed by atoms with Crippen LogP contribution in [-0.2, 0) is 21.3 Å². The molecule has 0 fully saturated rings. The molecule has 3 heteroatoms. The van der Waals surface area contributed by atoms with Crippen molar-refractivity contribution in [3.63, 3.8) is 0 Å². The minimum absolute atomic E-state index is 0. The molecule has 0 saturated carbocycles. The molecule has 8 rings (SSSR count). The molecule has 0 nitrogen and oxygen atoms in total. The molecule has 218 valence electrons. The monoisotopic (exact) mass is 688 g/mol. The van der Waals surface area contributed by atoms with Crippen LogP contribution >= 0.6 is 0 Å². The van der Waals surface area contributed by atoms with E-state index < -0.39 is 21.3 Å². The number of benzene rings is 6. The van der Waals surface area contributed by atoms with Crippen LogP contribution in [0.1, 0.15) is 69.0 Å². The van der Waals surface area contributed by atoms with Crippen LogP contribution in [0, 0.1) is 0 Å². The van der Waals surface area contributed by atoms with Gasteiger partial charge in [-0.15, -0.1) is 0 Å². The molecule has 0 aromatic heterocycles. The van der Waals surface area contributed by atoms with Crippen molar-refractivity contribution in [2.75, 3.05) is 0 Å². The average Bonchev–Trinajstić information content (AvgIpc) is 3.66. The Kier molecular flexibility index (Phi) is 9.13. The second kappa shape index (κ2) is 12.9. The fourth-order valence-electron chi connectivity index (χ4n) is 8.00. The summed E-state index contributed by atoms with van der Waals surface area (Å²) in [6.07, 6.45) is 15.2. The zero-order valence-corrected chi connectivity index (χ0v) is 29.3. The van der Waals surface area contributed by atoms with Crippen molar-refractivity contribution in [3.8, 4) is 0 Å². The van der Waals surface area contributed by atoms with E-state index in [1.54, 1.807) is 11.1 Å². The molecule has 0 saturated heterocycles. The number of allylic oxidation sites excluding steroid dienone is 2. The molecule has 0 aliphatic heterocycles. The van der Waals surface area contributed by atoms with E-state index >= 15 is 0 Å². The van der Waals surface area contributed by atoms with Gasteiger partial charge in [-0.1, -0.05) is 0 Å². The van der Waals surface area contributed by atoms with E-state index in [1.807, 2.05) is 3.21 Å². The molecule has 44 heavy (non-hydrogen) atoms. The Bertz CT molecular complexity index is 1980. The number of hydrogen-bond acceptors (Lipinski definition) is 0. The largest absolute Gasteiger partial charge is 1.00 e. The van der Waals surface area contributed by atoms with Crippen molar-refractivity contribution in [1.82, 2.24) is 0 Å². The van der Waals surface area contributed by atoms with Crippen molar-refractivity contribution < 1.29 is 46.1 Å². The first-order valence-corrected chi connectivity index (χ1v) is 19.8. The van der Waals surface area contributed by atoms with E-state index in [-0.39, 0.29) is 24.8 Å². The quantitative estimate of drug-likeness (QED) is 0.202. The number of fused-ring (bicyclic) bond motifs is 10. The third-order valence-corrected chi connectivity index (χ3v) is 18.6. The summed E-state index contributed by atoms with van der Waals surface area (Å²) in [5.41, 5.74) is 6.13. The Hall–Kier alpha value is -2.83. The first-order valence-electron chi connectivity index (χ1n) is 15.7. The second-order valence-electron chi connectivity index (χ2n) is 12.1. The van der Waals surface area contributed by atoms with Crippen molar-refractivity contribution in [2.24, 2.45) is 0 Å². The first-order chi connectivity index (χ1) is 20.8. The Morgan fingerprint density at radius 3 is 1.39 bits per heavy atom. The van der Waals surface area contributed by atoms with Crippen LogP contribution in [0.5, 0.6) is 0 Å². The zero-order chi connectivity index (χ0) is 28.2. The average molecular weight is 691 g/mol. The van der Waals surface area contributed by atoms with Crippen LogP contribution in [0.25, 0.3) is 55.2 Å². The molecule has 0 N–H and O–H groups in total. The van der Waals surface area contributed by atoms with Gasteiger partial charge in [0, 0.05) is 0 Å². The first kappa shape index (κ1) is 31.2. The van der Waals surface area contributed by atoms with Gasteiger partial charge in [0.2, 0.25) is 0 Å². The maximum absolute atomic E-state index is 2.64. The third-order valence-electron chi connectivity index (χ3n) is 9.71. The van der Waals surface area contributed by atoms with Gasteiger partial charge in [0.1, 0.15) is 0 Å². The summed E-state index contributed by atoms with van der Waals surface area (Å²) >= 11 is -2.43. The van der Waals surface area contributed by atoms with E-state index in [0.717, 1.165) is 0 Å². The molecule has 2 atom stereocenters. The fourth-order valence-corrected chi connectivity index (χ4v) is 18.3. The zero-order valence-electron chi connectivity index (χ0n) is 25.3. The summed E-state index contributed by atoms with van der Waals surface area (Å²) in [4.78, 5) is 0. The third kappa shape index (κ3) is 4.97. The van der Waals surface area contributed by atoms with Crippen molar-refractivity contribution >= 4 is 58.4 Å². The van der Waals surface area contributed by atoms with Gasteiger partial charge in [0.15, 0.2) is 0 Å². The normalized spacial score (nSPS) is 16.0. The Morgan fingerprint density at radius 2 is 0.932 bits per heavy atom. The summed E-state index contributed by atoms with van der Waals surface area (Å²) in [6.45, 7) is 4.78. The molecule has 0 bridgehead atoms. The minimum Gasteiger partial charge on any atom is -1.00 e. The standard InChI is InChI=1S/2C17H11.C7H14.2ClH.Zr/c2*1-2-6-15-12(4-1)8-10-14-11-9-13-5-3-7-16(13)17(14)15;1-3-5-7-6-4-2;;;/h2*1-11H;3-6H2,1-2H3;2*1H;/q;;;;;+2/p-2. The Morgan fingerprint density at radius 1 is 0.523 bits per heavy atom. The van der Waals surface area contributed by atoms with Gasteiger partial charge in [-0.3, -0.25) is 0 Å². The van der Waals surface area contributed by atoms with Gasteiger partial charge in [0.25, 0.3) is 0 Å². The van der Waals surface area contributed by atoms with Crippen LogP contribution in [0.4, 0.5) is 0 Å². The van der Waals surface area contributed by atoms with E-state index in [0.29, 0.717) is 7.25 Å². The number of rotatable bonds is 6. The molecule has 2 aliphatic carbocycles. The van der Waals surface area contributed by atoms with E-state index in [2.05, 4.69) is 135 Å². The molecular formula is C41H36Cl2Zr. The van der Waals surface area contributed by atoms with Crippen LogP contribution in [0.15, 0.2) is 109 Å². The van der Waals surface area contributed by atoms with Crippen LogP contribution < -0.4 is 24.8 Å². The number of halogens is 2. The molecule has 2 unspecified atom stereocenters. The summed E-state index contributed by atoms with van der Waals surface area (Å²) in [7, 11) is 0. The van der Waals surface area contributed by atoms with Crippen molar-refractivity contribution in [1.29, 1.82) is 0 Å². The molecule has 6 aromatic rings. The molecule has 6 aromatic carbocycles. The van der Waals surface area contributed by atoms with Crippen molar-refractivity contribution in [2.45, 2.75) is 46.8 Å². The topological polar surface area (TPSA) is 0 Å². The molecule has 0 heterocycles. The van der Waals surface area contributed by atoms with Crippen LogP contribution in [0.3, 0.4) is 0 Å². The van der Waals surface area contributed by atoms with Crippen molar-refractivity contribution in [3.05, 3.63) is 131 Å². The van der Waals surface area contributed by atoms with Gasteiger partial charge >= 0.3 is 258 Å². The van der Waals surface area contributed by atoms with Gasteiger partial charge in [-0.25, -0.2) is 0 Å². The Balaban J connectivity index is 0.00000171. The number of hydrogen-bond donors (Lipinski definition) is 0. The van der Waals surface area contributed by atoms with Crippen LogP contribution in [-0.4, -0.2) is 3.21 Å². The van der Waals surface area contributed by atoms with E-state index in [9.17, 15) is 0 Å². The van der Waals surface area contributed by atoms with Gasteiger partial charge in [0.05, 0.1) is 0 Å². The predicted molar refractivity (Wildman–Crippen MR) is 181 cm³/mol. The minimum atomic E-state index is -2.43. The molecule has 0 radical (unpaired) electrons. The smallest absolute Gasteiger partial charge is 1.00 e. The van der Waals surface area contributed by atoms with Crippen LogP contribution in [0.2, 0.25) is 0 Å². The van der Waals surface area contributed by atoms with E-state index in [4.69, 9.17) is 0 Å². The molecule has 0 amide bonds. The SMILES string of the molecule is CCC[C](CCC)=[Zr+2]([CH]1C=Cc2ccc3ccc4ccccc4c3c21)[CH]1C=Cc2ccc3ccc4ccccc4c3c21.[Cl-].[Cl-]. The summed E-state index contributed by atoms with van der Waals surface area (Å²) in [5, 5.41) is 11.3. The molecule has 0 spiro atoms. The van der Waals surface area contributed by atoms with Gasteiger partial charge in [-0.05, 0) is 0 Å². The fraction of sp³-hybridized carbons (Fsp3) is 0.195. The second-order valence-corrected chi connectivity index (χ2v) is 19.2. The molecule has 2 aliphatic rings. The summed E-state index contributed by atoms with van der Waals surface area (Å²) in [6, 6.07) is 36.9. The van der Waals surface area contributed by atoms with Gasteiger partial charge < -0.3 is 24.8 Å². The summed E-state index contributed by atoms with van der Waals surface area (Å²) < 4.78 is 3.01. The maximum atomic E-state index is 2.64. The summed E-state index contributed by atoms with van der Waals surface area (Å²) in [5.74, 6) is 0. The maximum Gasteiger partial charge on any atom is -1.00 e.